The molecule has 138 valence electrons. The van der Waals surface area contributed by atoms with Gasteiger partial charge in [0.15, 0.2) is 0 Å². The molecule has 0 aromatic heterocycles. The fourth-order valence-electron chi connectivity index (χ4n) is 3.72. The first-order valence-electron chi connectivity index (χ1n) is 9.29. The third-order valence-electron chi connectivity index (χ3n) is 5.12. The standard InChI is InChI=1S/C21H21N3O3/c25-19-17-8-4-5-9-18(17)20(26)24(19)16-12-10-15(11-13-16)23-21(27)22-14-6-2-1-3-7-14/h4-5,8-14H,1-3,6-7H2,(H2,22,23,27). The number of carbonyl (C=O) groups is 3. The lowest BCUT2D eigenvalue weighted by Gasteiger charge is -2.23. The minimum Gasteiger partial charge on any atom is -0.335 e. The van der Waals surface area contributed by atoms with E-state index in [2.05, 4.69) is 10.6 Å². The van der Waals surface area contributed by atoms with Gasteiger partial charge in [0.25, 0.3) is 11.8 Å². The lowest BCUT2D eigenvalue weighted by molar-refractivity contribution is 0.0926. The smallest absolute Gasteiger partial charge is 0.319 e. The lowest BCUT2D eigenvalue weighted by Crippen LogP contribution is -2.39. The number of amides is 4. The summed E-state index contributed by atoms with van der Waals surface area (Å²) >= 11 is 0. The van der Waals surface area contributed by atoms with Crippen molar-refractivity contribution in [2.45, 2.75) is 38.1 Å². The number of nitrogens with one attached hydrogen (secondary N) is 2. The molecule has 1 fully saturated rings. The van der Waals surface area contributed by atoms with Crippen LogP contribution in [0.3, 0.4) is 0 Å². The van der Waals surface area contributed by atoms with Gasteiger partial charge in [0.05, 0.1) is 16.8 Å². The first-order valence-corrected chi connectivity index (χ1v) is 9.29. The summed E-state index contributed by atoms with van der Waals surface area (Å²) in [6.07, 6.45) is 5.58. The average Bonchev–Trinajstić information content (AvgIpc) is 2.94. The SMILES string of the molecule is O=C(Nc1ccc(N2C(=O)c3ccccc3C2=O)cc1)NC1CCCCC1. The summed E-state index contributed by atoms with van der Waals surface area (Å²) in [5, 5.41) is 5.80. The Morgan fingerprint density at radius 1 is 0.852 bits per heavy atom. The molecule has 27 heavy (non-hydrogen) atoms. The summed E-state index contributed by atoms with van der Waals surface area (Å²) in [5.41, 5.74) is 1.93. The zero-order chi connectivity index (χ0) is 18.8. The first kappa shape index (κ1) is 17.3. The number of imide groups is 1. The van der Waals surface area contributed by atoms with Crippen molar-refractivity contribution < 1.29 is 14.4 Å². The highest BCUT2D eigenvalue weighted by atomic mass is 16.2. The van der Waals surface area contributed by atoms with E-state index in [1.807, 2.05) is 0 Å². The molecule has 1 heterocycles. The number of anilines is 2. The highest BCUT2D eigenvalue weighted by molar-refractivity contribution is 6.34. The van der Waals surface area contributed by atoms with Crippen molar-refractivity contribution in [3.05, 3.63) is 59.7 Å². The number of nitrogens with zero attached hydrogens (tertiary/aromatic N) is 1. The van der Waals surface area contributed by atoms with Crippen molar-refractivity contribution in [2.75, 3.05) is 10.2 Å². The van der Waals surface area contributed by atoms with Crippen molar-refractivity contribution in [1.82, 2.24) is 5.32 Å². The molecule has 6 heteroatoms. The number of fused-ring (bicyclic) bond motifs is 1. The lowest BCUT2D eigenvalue weighted by atomic mass is 9.96. The number of hydrogen-bond donors (Lipinski definition) is 2. The Labute approximate surface area is 157 Å². The molecule has 4 rings (SSSR count). The molecule has 0 radical (unpaired) electrons. The zero-order valence-electron chi connectivity index (χ0n) is 14.9. The molecule has 2 aromatic rings. The number of rotatable bonds is 3. The fourth-order valence-corrected chi connectivity index (χ4v) is 3.72. The molecule has 0 saturated heterocycles. The van der Waals surface area contributed by atoms with E-state index in [1.54, 1.807) is 48.5 Å². The van der Waals surface area contributed by atoms with Gasteiger partial charge >= 0.3 is 6.03 Å². The molecule has 2 aromatic carbocycles. The van der Waals surface area contributed by atoms with E-state index in [-0.39, 0.29) is 23.9 Å². The van der Waals surface area contributed by atoms with Crippen LogP contribution in [0.1, 0.15) is 52.8 Å². The Morgan fingerprint density at radius 3 is 2.04 bits per heavy atom. The summed E-state index contributed by atoms with van der Waals surface area (Å²) in [7, 11) is 0. The molecule has 0 unspecified atom stereocenters. The number of urea groups is 1. The normalized spacial score (nSPS) is 17.0. The monoisotopic (exact) mass is 363 g/mol. The van der Waals surface area contributed by atoms with E-state index >= 15 is 0 Å². The van der Waals surface area contributed by atoms with Gasteiger partial charge in [-0.2, -0.15) is 0 Å². The van der Waals surface area contributed by atoms with Crippen LogP contribution in [0.5, 0.6) is 0 Å². The third-order valence-corrected chi connectivity index (χ3v) is 5.12. The molecular formula is C21H21N3O3. The van der Waals surface area contributed by atoms with Gasteiger partial charge in [0, 0.05) is 11.7 Å². The molecule has 1 aliphatic carbocycles. The largest absolute Gasteiger partial charge is 0.335 e. The third kappa shape index (κ3) is 3.43. The van der Waals surface area contributed by atoms with Crippen LogP contribution in [0, 0.1) is 0 Å². The summed E-state index contributed by atoms with van der Waals surface area (Å²) in [6, 6.07) is 13.5. The molecule has 1 aliphatic heterocycles. The summed E-state index contributed by atoms with van der Waals surface area (Å²) in [5.74, 6) is -0.655. The number of hydrogen-bond acceptors (Lipinski definition) is 3. The zero-order valence-corrected chi connectivity index (χ0v) is 14.9. The van der Waals surface area contributed by atoms with E-state index < -0.39 is 0 Å². The molecule has 6 nitrogen and oxygen atoms in total. The van der Waals surface area contributed by atoms with Crippen molar-refractivity contribution in [3.8, 4) is 0 Å². The highest BCUT2D eigenvalue weighted by Crippen LogP contribution is 2.29. The van der Waals surface area contributed by atoms with Crippen LogP contribution in [0.15, 0.2) is 48.5 Å². The van der Waals surface area contributed by atoms with Crippen LogP contribution >= 0.6 is 0 Å². The van der Waals surface area contributed by atoms with Crippen molar-refractivity contribution in [3.63, 3.8) is 0 Å². The van der Waals surface area contributed by atoms with E-state index in [9.17, 15) is 14.4 Å². The Hall–Kier alpha value is -3.15. The second-order valence-electron chi connectivity index (χ2n) is 6.97. The van der Waals surface area contributed by atoms with Gasteiger partial charge in [-0.15, -0.1) is 0 Å². The maximum atomic E-state index is 12.5. The van der Waals surface area contributed by atoms with Crippen LogP contribution < -0.4 is 15.5 Å². The van der Waals surface area contributed by atoms with Gasteiger partial charge in [-0.1, -0.05) is 31.4 Å². The predicted octanol–water partition coefficient (Wildman–Crippen LogP) is 3.94. The van der Waals surface area contributed by atoms with Crippen LogP contribution in [-0.2, 0) is 0 Å². The minimum absolute atomic E-state index is 0.226. The van der Waals surface area contributed by atoms with Crippen LogP contribution in [0.2, 0.25) is 0 Å². The van der Waals surface area contributed by atoms with E-state index in [0.29, 0.717) is 22.5 Å². The molecule has 2 aliphatic rings. The Balaban J connectivity index is 1.43. The first-order chi connectivity index (χ1) is 13.1. The van der Waals surface area contributed by atoms with E-state index in [0.717, 1.165) is 30.6 Å². The molecule has 1 saturated carbocycles. The van der Waals surface area contributed by atoms with Gasteiger partial charge in [-0.3, -0.25) is 9.59 Å². The van der Waals surface area contributed by atoms with Crippen LogP contribution in [0.4, 0.5) is 16.2 Å². The van der Waals surface area contributed by atoms with Gasteiger partial charge < -0.3 is 10.6 Å². The molecule has 0 spiro atoms. The van der Waals surface area contributed by atoms with E-state index in [4.69, 9.17) is 0 Å². The predicted molar refractivity (Wildman–Crippen MR) is 103 cm³/mol. The van der Waals surface area contributed by atoms with Crippen molar-refractivity contribution >= 4 is 29.2 Å². The van der Waals surface area contributed by atoms with E-state index in [1.165, 1.54) is 6.42 Å². The van der Waals surface area contributed by atoms with Crippen LogP contribution in [-0.4, -0.2) is 23.9 Å². The van der Waals surface area contributed by atoms with Gasteiger partial charge in [0.1, 0.15) is 0 Å². The fraction of sp³-hybridized carbons (Fsp3) is 0.286. The topological polar surface area (TPSA) is 78.5 Å². The Bertz CT molecular complexity index is 851. The van der Waals surface area contributed by atoms with Gasteiger partial charge in [-0.25, -0.2) is 9.69 Å². The number of carbonyl (C=O) groups excluding carboxylic acids is 3. The maximum absolute atomic E-state index is 12.5. The Kier molecular flexibility index (Phi) is 4.62. The van der Waals surface area contributed by atoms with Gasteiger partial charge in [-0.05, 0) is 49.2 Å². The quantitative estimate of drug-likeness (QED) is 0.811. The number of benzene rings is 2. The molecule has 0 bridgehead atoms. The molecule has 0 atom stereocenters. The maximum Gasteiger partial charge on any atom is 0.319 e. The second-order valence-corrected chi connectivity index (χ2v) is 6.97. The summed E-state index contributed by atoms with van der Waals surface area (Å²) in [6.45, 7) is 0. The average molecular weight is 363 g/mol. The molecule has 4 amide bonds. The Morgan fingerprint density at radius 2 is 1.44 bits per heavy atom. The van der Waals surface area contributed by atoms with Crippen molar-refractivity contribution in [1.29, 1.82) is 0 Å². The summed E-state index contributed by atoms with van der Waals surface area (Å²) in [4.78, 5) is 38.3. The van der Waals surface area contributed by atoms with Crippen LogP contribution in [0.25, 0.3) is 0 Å². The molecular weight excluding hydrogens is 342 g/mol. The van der Waals surface area contributed by atoms with Crippen molar-refractivity contribution in [2.24, 2.45) is 0 Å². The molecule has 2 N–H and O–H groups in total. The minimum atomic E-state index is -0.327. The highest BCUT2D eigenvalue weighted by Gasteiger charge is 2.36. The summed E-state index contributed by atoms with van der Waals surface area (Å²) < 4.78 is 0. The second kappa shape index (κ2) is 7.23. The van der Waals surface area contributed by atoms with Gasteiger partial charge in [0.2, 0.25) is 0 Å².